The summed E-state index contributed by atoms with van der Waals surface area (Å²) < 4.78 is 5.51. The fourth-order valence-corrected chi connectivity index (χ4v) is 4.11. The summed E-state index contributed by atoms with van der Waals surface area (Å²) in [4.78, 5) is 25.0. The topological polar surface area (TPSA) is 78.9 Å². The van der Waals surface area contributed by atoms with Crippen LogP contribution in [-0.4, -0.2) is 54.4 Å². The smallest absolute Gasteiger partial charge is 0.317 e. The largest absolute Gasteiger partial charge is 0.481 e. The predicted octanol–water partition coefficient (Wildman–Crippen LogP) is 1.45. The van der Waals surface area contributed by atoms with E-state index in [0.717, 1.165) is 19.3 Å². The van der Waals surface area contributed by atoms with Gasteiger partial charge in [-0.05, 0) is 32.1 Å². The molecule has 6 heteroatoms. The van der Waals surface area contributed by atoms with Crippen LogP contribution in [0.25, 0.3) is 0 Å². The number of rotatable bonds is 3. The van der Waals surface area contributed by atoms with E-state index >= 15 is 0 Å². The minimum absolute atomic E-state index is 0.0373. The van der Waals surface area contributed by atoms with Gasteiger partial charge in [-0.2, -0.15) is 0 Å². The van der Waals surface area contributed by atoms with E-state index in [1.807, 2.05) is 0 Å². The molecule has 3 fully saturated rings. The van der Waals surface area contributed by atoms with E-state index in [2.05, 4.69) is 5.32 Å². The number of hydrogen-bond donors (Lipinski definition) is 2. The standard InChI is InChI=1S/C15H24N2O4/c1-21-12-9-11(15(12)5-2-6-15)16-14(20)17-7-3-10(4-8-17)13(18)19/h10-12H,2-9H2,1H3,(H,16,20)(H,18,19). The Bertz CT molecular complexity index is 427. The molecule has 2 unspecified atom stereocenters. The molecule has 0 bridgehead atoms. The minimum Gasteiger partial charge on any atom is -0.481 e. The molecule has 3 rings (SSSR count). The molecule has 2 amide bonds. The van der Waals surface area contributed by atoms with Crippen molar-refractivity contribution in [3.8, 4) is 0 Å². The highest BCUT2D eigenvalue weighted by Crippen LogP contribution is 2.57. The summed E-state index contributed by atoms with van der Waals surface area (Å²) in [5.41, 5.74) is 0.170. The van der Waals surface area contributed by atoms with Crippen molar-refractivity contribution < 1.29 is 19.4 Å². The van der Waals surface area contributed by atoms with Crippen molar-refractivity contribution in [1.82, 2.24) is 10.2 Å². The number of nitrogens with one attached hydrogen (secondary N) is 1. The predicted molar refractivity (Wildman–Crippen MR) is 76.0 cm³/mol. The van der Waals surface area contributed by atoms with Crippen LogP contribution < -0.4 is 5.32 Å². The zero-order valence-electron chi connectivity index (χ0n) is 12.5. The zero-order valence-corrected chi connectivity index (χ0v) is 12.5. The van der Waals surface area contributed by atoms with Gasteiger partial charge in [0, 0.05) is 31.7 Å². The molecule has 2 saturated carbocycles. The number of carboxylic acids is 1. The first-order valence-electron chi connectivity index (χ1n) is 7.88. The number of urea groups is 1. The van der Waals surface area contributed by atoms with Gasteiger partial charge in [0.05, 0.1) is 12.0 Å². The number of carbonyl (C=O) groups is 2. The van der Waals surface area contributed by atoms with E-state index in [1.54, 1.807) is 12.0 Å². The monoisotopic (exact) mass is 296 g/mol. The lowest BCUT2D eigenvalue weighted by atomic mass is 9.51. The number of carbonyl (C=O) groups excluding carboxylic acids is 1. The number of nitrogens with zero attached hydrogens (tertiary/aromatic N) is 1. The summed E-state index contributed by atoms with van der Waals surface area (Å²) in [6, 6.07) is 0.186. The lowest BCUT2D eigenvalue weighted by Gasteiger charge is -2.60. The van der Waals surface area contributed by atoms with Gasteiger partial charge in [0.25, 0.3) is 0 Å². The van der Waals surface area contributed by atoms with E-state index in [0.29, 0.717) is 25.9 Å². The van der Waals surface area contributed by atoms with Crippen LogP contribution in [0.5, 0.6) is 0 Å². The van der Waals surface area contributed by atoms with E-state index in [1.165, 1.54) is 6.42 Å². The first-order chi connectivity index (χ1) is 10.1. The molecular weight excluding hydrogens is 272 g/mol. The highest BCUT2D eigenvalue weighted by Gasteiger charge is 2.59. The molecule has 0 aromatic rings. The summed E-state index contributed by atoms with van der Waals surface area (Å²) in [6.07, 6.45) is 5.78. The Hall–Kier alpha value is -1.30. The van der Waals surface area contributed by atoms with Gasteiger partial charge in [-0.25, -0.2) is 4.79 Å². The third-order valence-corrected chi connectivity index (χ3v) is 5.78. The molecule has 21 heavy (non-hydrogen) atoms. The maximum atomic E-state index is 12.3. The molecule has 2 N–H and O–H groups in total. The number of ether oxygens (including phenoxy) is 1. The summed E-state index contributed by atoms with van der Waals surface area (Å²) in [5.74, 6) is -1.04. The Balaban J connectivity index is 1.50. The van der Waals surface area contributed by atoms with Crippen LogP contribution in [-0.2, 0) is 9.53 Å². The highest BCUT2D eigenvalue weighted by molar-refractivity contribution is 5.76. The summed E-state index contributed by atoms with van der Waals surface area (Å²) in [6.45, 7) is 1.08. The number of methoxy groups -OCH3 is 1. The minimum atomic E-state index is -0.745. The van der Waals surface area contributed by atoms with Crippen LogP contribution in [0, 0.1) is 11.3 Å². The van der Waals surface area contributed by atoms with Crippen LogP contribution in [0.15, 0.2) is 0 Å². The third kappa shape index (κ3) is 2.39. The fourth-order valence-electron chi connectivity index (χ4n) is 4.11. The summed E-state index contributed by atoms with van der Waals surface area (Å²) in [7, 11) is 1.75. The number of hydrogen-bond acceptors (Lipinski definition) is 3. The van der Waals surface area contributed by atoms with E-state index in [4.69, 9.17) is 9.84 Å². The average Bonchev–Trinajstić information content (AvgIpc) is 2.41. The molecule has 0 radical (unpaired) electrons. The zero-order chi connectivity index (χ0) is 15.0. The Morgan fingerprint density at radius 3 is 2.43 bits per heavy atom. The molecular formula is C15H24N2O4. The Labute approximate surface area is 124 Å². The van der Waals surface area contributed by atoms with Gasteiger partial charge in [0.2, 0.25) is 0 Å². The number of carboxylic acid groups (broad SMARTS) is 1. The molecule has 3 aliphatic rings. The maximum Gasteiger partial charge on any atom is 0.317 e. The Morgan fingerprint density at radius 2 is 1.95 bits per heavy atom. The van der Waals surface area contributed by atoms with Crippen LogP contribution >= 0.6 is 0 Å². The second-order valence-corrected chi connectivity index (χ2v) is 6.65. The van der Waals surface area contributed by atoms with Gasteiger partial charge in [0.15, 0.2) is 0 Å². The van der Waals surface area contributed by atoms with Gasteiger partial charge >= 0.3 is 12.0 Å². The van der Waals surface area contributed by atoms with Gasteiger partial charge < -0.3 is 20.1 Å². The van der Waals surface area contributed by atoms with Crippen molar-refractivity contribution in [3.63, 3.8) is 0 Å². The average molecular weight is 296 g/mol. The maximum absolute atomic E-state index is 12.3. The van der Waals surface area contributed by atoms with Crippen molar-refractivity contribution in [1.29, 1.82) is 0 Å². The molecule has 2 aliphatic carbocycles. The van der Waals surface area contributed by atoms with Gasteiger partial charge in [0.1, 0.15) is 0 Å². The molecule has 1 spiro atoms. The number of likely N-dealkylation sites (tertiary alicyclic amines) is 1. The highest BCUT2D eigenvalue weighted by atomic mass is 16.5. The van der Waals surface area contributed by atoms with Crippen molar-refractivity contribution in [2.45, 2.75) is 50.7 Å². The molecule has 2 atom stereocenters. The van der Waals surface area contributed by atoms with E-state index in [9.17, 15) is 9.59 Å². The first kappa shape index (κ1) is 14.6. The molecule has 118 valence electrons. The number of piperidine rings is 1. The fraction of sp³-hybridized carbons (Fsp3) is 0.867. The summed E-state index contributed by atoms with van der Waals surface area (Å²) in [5, 5.41) is 12.1. The third-order valence-electron chi connectivity index (χ3n) is 5.78. The van der Waals surface area contributed by atoms with E-state index in [-0.39, 0.29) is 29.5 Å². The second-order valence-electron chi connectivity index (χ2n) is 6.65. The number of amides is 2. The van der Waals surface area contributed by atoms with Crippen LogP contribution in [0.4, 0.5) is 4.79 Å². The van der Waals surface area contributed by atoms with Gasteiger partial charge in [-0.3, -0.25) is 4.79 Å². The molecule has 6 nitrogen and oxygen atoms in total. The first-order valence-corrected chi connectivity index (χ1v) is 7.88. The van der Waals surface area contributed by atoms with Crippen molar-refractivity contribution in [2.24, 2.45) is 11.3 Å². The number of aliphatic carboxylic acids is 1. The SMILES string of the molecule is COC1CC(NC(=O)N2CCC(C(=O)O)CC2)C12CCC2. The van der Waals surface area contributed by atoms with E-state index < -0.39 is 5.97 Å². The molecule has 0 aromatic heterocycles. The second kappa shape index (κ2) is 5.48. The normalized spacial score (nSPS) is 31.4. The van der Waals surface area contributed by atoms with Crippen LogP contribution in [0.1, 0.15) is 38.5 Å². The van der Waals surface area contributed by atoms with Crippen molar-refractivity contribution >= 4 is 12.0 Å². The summed E-state index contributed by atoms with van der Waals surface area (Å²) >= 11 is 0. The molecule has 1 heterocycles. The molecule has 1 aliphatic heterocycles. The van der Waals surface area contributed by atoms with Crippen LogP contribution in [0.3, 0.4) is 0 Å². The van der Waals surface area contributed by atoms with Crippen LogP contribution in [0.2, 0.25) is 0 Å². The van der Waals surface area contributed by atoms with Gasteiger partial charge in [-0.15, -0.1) is 0 Å². The lowest BCUT2D eigenvalue weighted by molar-refractivity contribution is -0.158. The van der Waals surface area contributed by atoms with Crippen molar-refractivity contribution in [3.05, 3.63) is 0 Å². The Kier molecular flexibility index (Phi) is 3.82. The molecule has 1 saturated heterocycles. The van der Waals surface area contributed by atoms with Gasteiger partial charge in [-0.1, -0.05) is 6.42 Å². The molecule has 0 aromatic carbocycles. The Morgan fingerprint density at radius 1 is 1.29 bits per heavy atom. The quantitative estimate of drug-likeness (QED) is 0.826. The lowest BCUT2D eigenvalue weighted by Crippen LogP contribution is -2.68. The van der Waals surface area contributed by atoms with Crippen molar-refractivity contribution in [2.75, 3.05) is 20.2 Å².